The predicted octanol–water partition coefficient (Wildman–Crippen LogP) is 0.658. The van der Waals surface area contributed by atoms with Crippen molar-refractivity contribution in [3.8, 4) is 6.07 Å². The van der Waals surface area contributed by atoms with E-state index in [-0.39, 0.29) is 29.5 Å². The summed E-state index contributed by atoms with van der Waals surface area (Å²) < 4.78 is 31.8. The summed E-state index contributed by atoms with van der Waals surface area (Å²) in [7, 11) is -3.64. The highest BCUT2D eigenvalue weighted by molar-refractivity contribution is 7.89. The van der Waals surface area contributed by atoms with Crippen molar-refractivity contribution in [3.05, 3.63) is 29.3 Å². The van der Waals surface area contributed by atoms with Crippen LogP contribution in [0.1, 0.15) is 22.8 Å². The molecule has 1 unspecified atom stereocenters. The molecule has 1 fully saturated rings. The van der Waals surface area contributed by atoms with Gasteiger partial charge >= 0.3 is 0 Å². The Morgan fingerprint density at radius 2 is 2.26 bits per heavy atom. The smallest absolute Gasteiger partial charge is 0.255 e. The zero-order valence-corrected chi connectivity index (χ0v) is 13.9. The molecule has 0 saturated carbocycles. The van der Waals surface area contributed by atoms with E-state index in [1.54, 1.807) is 19.9 Å². The van der Waals surface area contributed by atoms with Gasteiger partial charge in [-0.3, -0.25) is 4.79 Å². The third-order valence-electron chi connectivity index (χ3n) is 3.62. The second-order valence-corrected chi connectivity index (χ2v) is 6.96. The number of benzene rings is 1. The molecule has 1 heterocycles. The summed E-state index contributed by atoms with van der Waals surface area (Å²) in [5.41, 5.74) is 0.944. The lowest BCUT2D eigenvalue weighted by Crippen LogP contribution is -2.48. The SMILES string of the molecule is CCNS(=O)(=O)c1ccc(C)c(C(=O)N2CCOCC2C#N)c1. The summed E-state index contributed by atoms with van der Waals surface area (Å²) in [6.07, 6.45) is 0. The van der Waals surface area contributed by atoms with Crippen molar-refractivity contribution < 1.29 is 17.9 Å². The predicted molar refractivity (Wildman–Crippen MR) is 83.3 cm³/mol. The molecule has 2 rings (SSSR count). The van der Waals surface area contributed by atoms with E-state index in [1.807, 2.05) is 6.07 Å². The maximum Gasteiger partial charge on any atom is 0.255 e. The summed E-state index contributed by atoms with van der Waals surface area (Å²) in [4.78, 5) is 14.2. The molecule has 0 aromatic heterocycles. The maximum atomic E-state index is 12.7. The molecule has 7 nitrogen and oxygen atoms in total. The first-order valence-electron chi connectivity index (χ1n) is 7.29. The molecule has 1 atom stereocenters. The number of hydrogen-bond donors (Lipinski definition) is 1. The number of nitrogens with zero attached hydrogens (tertiary/aromatic N) is 2. The fourth-order valence-electron chi connectivity index (χ4n) is 2.38. The van der Waals surface area contributed by atoms with Crippen molar-refractivity contribution in [1.82, 2.24) is 9.62 Å². The molecule has 1 aliphatic heterocycles. The van der Waals surface area contributed by atoms with Gasteiger partial charge < -0.3 is 9.64 Å². The second kappa shape index (κ2) is 7.08. The zero-order chi connectivity index (χ0) is 17.0. The number of carbonyl (C=O) groups is 1. The number of sulfonamides is 1. The summed E-state index contributed by atoms with van der Waals surface area (Å²) in [6.45, 7) is 4.51. The molecule has 1 aromatic rings. The monoisotopic (exact) mass is 337 g/mol. The Kier molecular flexibility index (Phi) is 5.36. The zero-order valence-electron chi connectivity index (χ0n) is 13.1. The van der Waals surface area contributed by atoms with Crippen molar-refractivity contribution in [2.75, 3.05) is 26.3 Å². The van der Waals surface area contributed by atoms with E-state index in [0.29, 0.717) is 18.7 Å². The third kappa shape index (κ3) is 3.69. The van der Waals surface area contributed by atoms with E-state index in [2.05, 4.69) is 4.72 Å². The number of morpholine rings is 1. The minimum Gasteiger partial charge on any atom is -0.376 e. The minimum absolute atomic E-state index is 0.0371. The van der Waals surface area contributed by atoms with Crippen LogP contribution in [0.5, 0.6) is 0 Å². The summed E-state index contributed by atoms with van der Waals surface area (Å²) in [6, 6.07) is 5.80. The van der Waals surface area contributed by atoms with Crippen LogP contribution in [0.25, 0.3) is 0 Å². The van der Waals surface area contributed by atoms with Crippen LogP contribution in [0.4, 0.5) is 0 Å². The molecule has 1 aromatic carbocycles. The quantitative estimate of drug-likeness (QED) is 0.870. The fraction of sp³-hybridized carbons (Fsp3) is 0.467. The molecule has 0 radical (unpaired) electrons. The Labute approximate surface area is 135 Å². The number of nitrogens with one attached hydrogen (secondary N) is 1. The molecule has 0 spiro atoms. The third-order valence-corrected chi connectivity index (χ3v) is 5.17. The van der Waals surface area contributed by atoms with Gasteiger partial charge in [-0.05, 0) is 24.6 Å². The number of nitriles is 1. The number of amides is 1. The first kappa shape index (κ1) is 17.4. The van der Waals surface area contributed by atoms with Gasteiger partial charge in [-0.25, -0.2) is 13.1 Å². The molecule has 1 amide bonds. The van der Waals surface area contributed by atoms with Gasteiger partial charge in [0, 0.05) is 18.7 Å². The number of hydrogen-bond acceptors (Lipinski definition) is 5. The second-order valence-electron chi connectivity index (χ2n) is 5.20. The Morgan fingerprint density at radius 3 is 2.91 bits per heavy atom. The van der Waals surface area contributed by atoms with Gasteiger partial charge in [-0.15, -0.1) is 0 Å². The lowest BCUT2D eigenvalue weighted by Gasteiger charge is -2.31. The Balaban J connectivity index is 2.39. The van der Waals surface area contributed by atoms with Crippen LogP contribution in [-0.2, 0) is 14.8 Å². The van der Waals surface area contributed by atoms with E-state index < -0.39 is 16.1 Å². The summed E-state index contributed by atoms with van der Waals surface area (Å²) in [5, 5.41) is 9.15. The first-order chi connectivity index (χ1) is 10.9. The molecule has 0 aliphatic carbocycles. The van der Waals surface area contributed by atoms with Gasteiger partial charge in [0.1, 0.15) is 6.04 Å². The highest BCUT2D eigenvalue weighted by Crippen LogP contribution is 2.19. The van der Waals surface area contributed by atoms with Crippen LogP contribution in [0.2, 0.25) is 0 Å². The van der Waals surface area contributed by atoms with Gasteiger partial charge in [0.15, 0.2) is 0 Å². The molecule has 8 heteroatoms. The number of aryl methyl sites for hydroxylation is 1. The summed E-state index contributed by atoms with van der Waals surface area (Å²) >= 11 is 0. The maximum absolute atomic E-state index is 12.7. The van der Waals surface area contributed by atoms with Gasteiger partial charge in [-0.2, -0.15) is 5.26 Å². The molecule has 1 N–H and O–H groups in total. The van der Waals surface area contributed by atoms with Gasteiger partial charge in [0.2, 0.25) is 10.0 Å². The number of ether oxygens (including phenoxy) is 1. The Hall–Kier alpha value is -1.95. The lowest BCUT2D eigenvalue weighted by atomic mass is 10.1. The topological polar surface area (TPSA) is 99.5 Å². The van der Waals surface area contributed by atoms with Gasteiger partial charge in [0.25, 0.3) is 5.91 Å². The van der Waals surface area contributed by atoms with Crippen molar-refractivity contribution in [2.45, 2.75) is 24.8 Å². The van der Waals surface area contributed by atoms with Crippen LogP contribution in [0.15, 0.2) is 23.1 Å². The van der Waals surface area contributed by atoms with E-state index in [9.17, 15) is 13.2 Å². The van der Waals surface area contributed by atoms with E-state index in [4.69, 9.17) is 10.00 Å². The Bertz CT molecular complexity index is 740. The highest BCUT2D eigenvalue weighted by Gasteiger charge is 2.29. The van der Waals surface area contributed by atoms with Crippen molar-refractivity contribution in [3.63, 3.8) is 0 Å². The average Bonchev–Trinajstić information content (AvgIpc) is 2.54. The van der Waals surface area contributed by atoms with Gasteiger partial charge in [0.05, 0.1) is 24.2 Å². The first-order valence-corrected chi connectivity index (χ1v) is 8.77. The van der Waals surface area contributed by atoms with Crippen molar-refractivity contribution in [2.24, 2.45) is 0 Å². The number of rotatable bonds is 4. The van der Waals surface area contributed by atoms with E-state index >= 15 is 0 Å². The van der Waals surface area contributed by atoms with E-state index in [1.165, 1.54) is 17.0 Å². The lowest BCUT2D eigenvalue weighted by molar-refractivity contribution is 0.0132. The van der Waals surface area contributed by atoms with Crippen molar-refractivity contribution in [1.29, 1.82) is 5.26 Å². The standard InChI is InChI=1S/C15H19N3O4S/c1-3-17-23(20,21)13-5-4-11(2)14(8-13)15(19)18-6-7-22-10-12(18)9-16/h4-5,8,12,17H,3,6-7,10H2,1-2H3. The normalized spacial score (nSPS) is 18.5. The molecule has 23 heavy (non-hydrogen) atoms. The highest BCUT2D eigenvalue weighted by atomic mass is 32.2. The van der Waals surface area contributed by atoms with Crippen LogP contribution in [-0.4, -0.2) is 51.6 Å². The molecular formula is C15H19N3O4S. The van der Waals surface area contributed by atoms with Crippen molar-refractivity contribution >= 4 is 15.9 Å². The molecule has 124 valence electrons. The molecule has 0 bridgehead atoms. The van der Waals surface area contributed by atoms with Gasteiger partial charge in [-0.1, -0.05) is 13.0 Å². The molecule has 1 aliphatic rings. The molecule has 1 saturated heterocycles. The molecular weight excluding hydrogens is 318 g/mol. The summed E-state index contributed by atoms with van der Waals surface area (Å²) in [5.74, 6) is -0.356. The average molecular weight is 337 g/mol. The fourth-order valence-corrected chi connectivity index (χ4v) is 3.45. The van der Waals surface area contributed by atoms with Crippen LogP contribution < -0.4 is 4.72 Å². The van der Waals surface area contributed by atoms with E-state index in [0.717, 1.165) is 0 Å². The number of carbonyl (C=O) groups excluding carboxylic acids is 1. The Morgan fingerprint density at radius 1 is 1.52 bits per heavy atom. The minimum atomic E-state index is -3.64. The van der Waals surface area contributed by atoms with Crippen LogP contribution in [0.3, 0.4) is 0 Å². The van der Waals surface area contributed by atoms with Crippen LogP contribution in [0, 0.1) is 18.3 Å². The van der Waals surface area contributed by atoms with Crippen LogP contribution >= 0.6 is 0 Å². The largest absolute Gasteiger partial charge is 0.376 e.